The molecular weight excluding hydrogens is 288 g/mol. The Hall–Kier alpha value is -0.950. The van der Waals surface area contributed by atoms with Crippen molar-refractivity contribution in [1.29, 1.82) is 0 Å². The molecule has 0 amide bonds. The Kier molecular flexibility index (Phi) is 5.03. The molecule has 1 fully saturated rings. The molecule has 1 unspecified atom stereocenters. The van der Waals surface area contributed by atoms with Gasteiger partial charge in [-0.15, -0.1) is 0 Å². The number of aliphatic hydroxyl groups excluding tert-OH is 1. The predicted octanol–water partition coefficient (Wildman–Crippen LogP) is 1.20. The van der Waals surface area contributed by atoms with Crippen LogP contribution in [0.5, 0.6) is 0 Å². The third-order valence-electron chi connectivity index (χ3n) is 4.26. The molecule has 0 bridgehead atoms. The summed E-state index contributed by atoms with van der Waals surface area (Å²) in [5.74, 6) is 0. The summed E-state index contributed by atoms with van der Waals surface area (Å²) < 4.78 is 27.0. The molecule has 118 valence electrons. The van der Waals surface area contributed by atoms with Crippen molar-refractivity contribution in [1.82, 2.24) is 9.21 Å². The van der Waals surface area contributed by atoms with Gasteiger partial charge in [-0.3, -0.25) is 4.90 Å². The molecule has 0 saturated carbocycles. The number of rotatable bonds is 4. The van der Waals surface area contributed by atoms with E-state index in [-0.39, 0.29) is 17.5 Å². The average Bonchev–Trinajstić information content (AvgIpc) is 2.47. The fourth-order valence-corrected chi connectivity index (χ4v) is 4.34. The van der Waals surface area contributed by atoms with E-state index in [1.54, 1.807) is 22.5 Å². The summed E-state index contributed by atoms with van der Waals surface area (Å²) >= 11 is 0. The van der Waals surface area contributed by atoms with Crippen LogP contribution in [0.15, 0.2) is 23.1 Å². The van der Waals surface area contributed by atoms with Gasteiger partial charge in [-0.2, -0.15) is 4.31 Å². The highest BCUT2D eigenvalue weighted by Crippen LogP contribution is 2.22. The van der Waals surface area contributed by atoms with Crippen LogP contribution in [0.2, 0.25) is 0 Å². The highest BCUT2D eigenvalue weighted by Gasteiger charge is 2.31. The van der Waals surface area contributed by atoms with Gasteiger partial charge in [0.15, 0.2) is 0 Å². The van der Waals surface area contributed by atoms with Crippen LogP contribution in [0.1, 0.15) is 25.0 Å². The zero-order valence-electron chi connectivity index (χ0n) is 12.9. The van der Waals surface area contributed by atoms with Crippen molar-refractivity contribution in [2.75, 3.05) is 26.2 Å². The first kappa shape index (κ1) is 16.4. The first-order chi connectivity index (χ1) is 9.90. The van der Waals surface area contributed by atoms with E-state index in [0.29, 0.717) is 18.7 Å². The Balaban J connectivity index is 2.26. The summed E-state index contributed by atoms with van der Waals surface area (Å²) in [5.41, 5.74) is 1.57. The minimum atomic E-state index is -3.48. The van der Waals surface area contributed by atoms with Crippen LogP contribution in [0.3, 0.4) is 0 Å². The monoisotopic (exact) mass is 312 g/mol. The number of likely N-dealkylation sites (N-methyl/N-ethyl adjacent to an activating group) is 1. The second-order valence-electron chi connectivity index (χ2n) is 5.59. The summed E-state index contributed by atoms with van der Waals surface area (Å²) in [5, 5.41) is 9.31. The number of hydrogen-bond acceptors (Lipinski definition) is 4. The summed E-state index contributed by atoms with van der Waals surface area (Å²) in [4.78, 5) is 2.55. The molecule has 1 aliphatic heterocycles. The van der Waals surface area contributed by atoms with Crippen molar-refractivity contribution in [2.45, 2.75) is 38.3 Å². The molecule has 0 radical (unpaired) electrons. The van der Waals surface area contributed by atoms with Gasteiger partial charge in [-0.1, -0.05) is 13.0 Å². The molecule has 5 nitrogen and oxygen atoms in total. The lowest BCUT2D eigenvalue weighted by molar-refractivity contribution is 0.135. The van der Waals surface area contributed by atoms with E-state index in [1.165, 1.54) is 0 Å². The van der Waals surface area contributed by atoms with Gasteiger partial charge in [0, 0.05) is 25.7 Å². The summed E-state index contributed by atoms with van der Waals surface area (Å²) in [6, 6.07) is 5.19. The van der Waals surface area contributed by atoms with Crippen LogP contribution in [0.25, 0.3) is 0 Å². The molecule has 21 heavy (non-hydrogen) atoms. The van der Waals surface area contributed by atoms with Crippen LogP contribution >= 0.6 is 0 Å². The minimum absolute atomic E-state index is 0.144. The maximum atomic E-state index is 12.7. The van der Waals surface area contributed by atoms with Crippen molar-refractivity contribution in [3.8, 4) is 0 Å². The topological polar surface area (TPSA) is 60.9 Å². The fraction of sp³-hybridized carbons (Fsp3) is 0.600. The quantitative estimate of drug-likeness (QED) is 0.907. The van der Waals surface area contributed by atoms with Crippen LogP contribution in [-0.2, 0) is 16.6 Å². The number of hydrogen-bond donors (Lipinski definition) is 1. The Morgan fingerprint density at radius 3 is 2.62 bits per heavy atom. The number of aliphatic hydroxyl groups is 1. The van der Waals surface area contributed by atoms with Gasteiger partial charge in [-0.05, 0) is 43.7 Å². The van der Waals surface area contributed by atoms with Crippen LogP contribution in [-0.4, -0.2) is 55.0 Å². The van der Waals surface area contributed by atoms with E-state index in [2.05, 4.69) is 18.7 Å². The molecule has 1 aromatic rings. The molecule has 1 aromatic carbocycles. The molecule has 6 heteroatoms. The van der Waals surface area contributed by atoms with Gasteiger partial charge in [-0.25, -0.2) is 8.42 Å². The standard InChI is InChI=1S/C15H24N2O3S/c1-4-16-7-8-17(10-13(16)3)21(19,20)15-6-5-12(2)14(9-15)11-18/h5-6,9,13,18H,4,7-8,10-11H2,1-3H3. The fourth-order valence-electron chi connectivity index (χ4n) is 2.78. The lowest BCUT2D eigenvalue weighted by atomic mass is 10.1. The molecule has 1 saturated heterocycles. The maximum absolute atomic E-state index is 12.7. The van der Waals surface area contributed by atoms with Crippen molar-refractivity contribution in [3.05, 3.63) is 29.3 Å². The highest BCUT2D eigenvalue weighted by molar-refractivity contribution is 7.89. The molecule has 2 rings (SSSR count). The van der Waals surface area contributed by atoms with E-state index in [0.717, 1.165) is 18.7 Å². The first-order valence-electron chi connectivity index (χ1n) is 7.34. The van der Waals surface area contributed by atoms with E-state index in [9.17, 15) is 13.5 Å². The van der Waals surface area contributed by atoms with Crippen molar-refractivity contribution >= 4 is 10.0 Å². The normalized spacial score (nSPS) is 21.6. The van der Waals surface area contributed by atoms with Crippen LogP contribution < -0.4 is 0 Å². The molecule has 1 N–H and O–H groups in total. The number of benzene rings is 1. The molecule has 1 aliphatic rings. The highest BCUT2D eigenvalue weighted by atomic mass is 32.2. The second-order valence-corrected chi connectivity index (χ2v) is 7.53. The zero-order valence-corrected chi connectivity index (χ0v) is 13.7. The summed E-state index contributed by atoms with van der Waals surface area (Å²) in [6.45, 7) is 8.60. The Morgan fingerprint density at radius 1 is 1.33 bits per heavy atom. The average molecular weight is 312 g/mol. The van der Waals surface area contributed by atoms with Crippen molar-refractivity contribution < 1.29 is 13.5 Å². The summed E-state index contributed by atoms with van der Waals surface area (Å²) in [7, 11) is -3.48. The Labute approximate surface area is 127 Å². The van der Waals surface area contributed by atoms with Gasteiger partial charge in [0.2, 0.25) is 10.0 Å². The lowest BCUT2D eigenvalue weighted by Gasteiger charge is -2.38. The number of piperazine rings is 1. The number of nitrogens with zero attached hydrogens (tertiary/aromatic N) is 2. The van der Waals surface area contributed by atoms with Crippen LogP contribution in [0.4, 0.5) is 0 Å². The molecule has 0 spiro atoms. The van der Waals surface area contributed by atoms with E-state index in [4.69, 9.17) is 0 Å². The maximum Gasteiger partial charge on any atom is 0.243 e. The molecular formula is C15H24N2O3S. The van der Waals surface area contributed by atoms with Gasteiger partial charge >= 0.3 is 0 Å². The van der Waals surface area contributed by atoms with E-state index >= 15 is 0 Å². The largest absolute Gasteiger partial charge is 0.392 e. The van der Waals surface area contributed by atoms with Crippen molar-refractivity contribution in [2.24, 2.45) is 0 Å². The minimum Gasteiger partial charge on any atom is -0.392 e. The van der Waals surface area contributed by atoms with E-state index < -0.39 is 10.0 Å². The van der Waals surface area contributed by atoms with Gasteiger partial charge in [0.05, 0.1) is 11.5 Å². The number of aryl methyl sites for hydroxylation is 1. The molecule has 0 aliphatic carbocycles. The van der Waals surface area contributed by atoms with Gasteiger partial charge in [0.1, 0.15) is 0 Å². The first-order valence-corrected chi connectivity index (χ1v) is 8.78. The van der Waals surface area contributed by atoms with Crippen molar-refractivity contribution in [3.63, 3.8) is 0 Å². The molecule has 1 heterocycles. The second kappa shape index (κ2) is 6.44. The van der Waals surface area contributed by atoms with Gasteiger partial charge in [0.25, 0.3) is 0 Å². The number of sulfonamides is 1. The Morgan fingerprint density at radius 2 is 2.05 bits per heavy atom. The SMILES string of the molecule is CCN1CCN(S(=O)(=O)c2ccc(C)c(CO)c2)CC1C. The molecule has 0 aromatic heterocycles. The predicted molar refractivity (Wildman–Crippen MR) is 82.6 cm³/mol. The smallest absolute Gasteiger partial charge is 0.243 e. The zero-order chi connectivity index (χ0) is 15.6. The third-order valence-corrected chi connectivity index (χ3v) is 6.12. The lowest BCUT2D eigenvalue weighted by Crippen LogP contribution is -2.53. The van der Waals surface area contributed by atoms with Crippen LogP contribution in [0, 0.1) is 6.92 Å². The summed E-state index contributed by atoms with van der Waals surface area (Å²) in [6.07, 6.45) is 0. The Bertz CT molecular complexity index is 601. The van der Waals surface area contributed by atoms with E-state index in [1.807, 2.05) is 6.92 Å². The third kappa shape index (κ3) is 3.29. The van der Waals surface area contributed by atoms with Gasteiger partial charge < -0.3 is 5.11 Å². The molecule has 1 atom stereocenters.